The van der Waals surface area contributed by atoms with E-state index in [2.05, 4.69) is 4.74 Å². The number of rotatable bonds is 6. The number of ether oxygens (including phenoxy) is 1. The van der Waals surface area contributed by atoms with Crippen LogP contribution in [0, 0.1) is 0 Å². The highest BCUT2D eigenvalue weighted by Gasteiger charge is 2.48. The van der Waals surface area contributed by atoms with Gasteiger partial charge in [-0.25, -0.2) is 8.78 Å². The van der Waals surface area contributed by atoms with Gasteiger partial charge in [-0.3, -0.25) is 0 Å². The van der Waals surface area contributed by atoms with Crippen LogP contribution in [-0.2, 0) is 4.74 Å². The number of hydrogen-bond donors (Lipinski definition) is 0. The van der Waals surface area contributed by atoms with Crippen LogP contribution in [0.4, 0.5) is 17.6 Å². The summed E-state index contributed by atoms with van der Waals surface area (Å²) >= 11 is 5.32. The predicted octanol–water partition coefficient (Wildman–Crippen LogP) is 2.03. The van der Waals surface area contributed by atoms with E-state index in [1.807, 2.05) is 0 Å². The van der Waals surface area contributed by atoms with Crippen molar-refractivity contribution in [2.45, 2.75) is 31.4 Å². The molecule has 80 valence electrons. The van der Waals surface area contributed by atoms with Crippen LogP contribution in [0.3, 0.4) is 0 Å². The van der Waals surface area contributed by atoms with Crippen molar-refractivity contribution >= 4 is 19.9 Å². The minimum absolute atomic E-state index is 0.0156. The van der Waals surface area contributed by atoms with Crippen LogP contribution in [0.25, 0.3) is 0 Å². The van der Waals surface area contributed by atoms with Gasteiger partial charge in [-0.15, -0.1) is 0 Å². The zero-order chi connectivity index (χ0) is 10.5. The molecule has 0 amide bonds. The van der Waals surface area contributed by atoms with Crippen molar-refractivity contribution in [1.29, 1.82) is 0 Å². The van der Waals surface area contributed by atoms with E-state index in [9.17, 15) is 17.6 Å². The monoisotopic (exact) mass is 238 g/mol. The summed E-state index contributed by atoms with van der Waals surface area (Å²) in [5.41, 5.74) is 0. The van der Waals surface area contributed by atoms with Gasteiger partial charge in [0.05, 0.1) is 0 Å². The molecule has 0 radical (unpaired) electrons. The van der Waals surface area contributed by atoms with E-state index in [0.717, 1.165) is 0 Å². The smallest absolute Gasteiger partial charge is 0.332 e. The van der Waals surface area contributed by atoms with Crippen molar-refractivity contribution in [2.24, 2.45) is 0 Å². The summed E-state index contributed by atoms with van der Waals surface area (Å²) in [7, 11) is -1.23. The van der Waals surface area contributed by atoms with Gasteiger partial charge in [-0.2, -0.15) is 19.9 Å². The van der Waals surface area contributed by atoms with Gasteiger partial charge in [0.25, 0.3) is 0 Å². The Morgan fingerprint density at radius 2 is 2.00 bits per heavy atom. The van der Waals surface area contributed by atoms with Gasteiger partial charge in [0.15, 0.2) is 0 Å². The van der Waals surface area contributed by atoms with E-state index in [1.54, 1.807) is 0 Å². The lowest BCUT2D eigenvalue weighted by atomic mass is 10.2. The highest BCUT2D eigenvalue weighted by Crippen LogP contribution is 2.31. The van der Waals surface area contributed by atoms with Gasteiger partial charge in [0.1, 0.15) is 14.9 Å². The van der Waals surface area contributed by atoms with Crippen LogP contribution in [0.2, 0.25) is 6.04 Å². The van der Waals surface area contributed by atoms with Gasteiger partial charge in [-0.05, 0) is 13.0 Å². The second-order valence-corrected chi connectivity index (χ2v) is 4.49. The summed E-state index contributed by atoms with van der Waals surface area (Å²) in [5.74, 6) is -4.09. The van der Waals surface area contributed by atoms with Gasteiger partial charge >= 0.3 is 12.3 Å². The maximum absolute atomic E-state index is 12.7. The molecule has 1 unspecified atom stereocenters. The van der Waals surface area contributed by atoms with Crippen molar-refractivity contribution in [2.75, 3.05) is 6.61 Å². The van der Waals surface area contributed by atoms with Crippen molar-refractivity contribution in [3.63, 3.8) is 0 Å². The quantitative estimate of drug-likeness (QED) is 0.391. The third-order valence-corrected chi connectivity index (χ3v) is 2.86. The van der Waals surface area contributed by atoms with E-state index >= 15 is 0 Å². The van der Waals surface area contributed by atoms with Gasteiger partial charge in [0.2, 0.25) is 0 Å². The second kappa shape index (κ2) is 5.82. The molecular formula is C6H11ClF4OSi. The van der Waals surface area contributed by atoms with Crippen LogP contribution >= 0.6 is 11.1 Å². The summed E-state index contributed by atoms with van der Waals surface area (Å²) in [6.07, 6.45) is -5.43. The molecule has 0 N–H and O–H groups in total. The van der Waals surface area contributed by atoms with Gasteiger partial charge in [-0.1, -0.05) is 0 Å². The maximum atomic E-state index is 12.7. The van der Waals surface area contributed by atoms with Crippen LogP contribution in [0.5, 0.6) is 0 Å². The largest absolute Gasteiger partial charge is 0.372 e. The van der Waals surface area contributed by atoms with Crippen LogP contribution in [-0.4, -0.2) is 33.9 Å². The average molecular weight is 239 g/mol. The lowest BCUT2D eigenvalue weighted by molar-refractivity contribution is -0.199. The number of alkyl halides is 4. The van der Waals surface area contributed by atoms with Crippen molar-refractivity contribution in [1.82, 2.24) is 0 Å². The van der Waals surface area contributed by atoms with Crippen molar-refractivity contribution in [3.05, 3.63) is 0 Å². The standard InChI is InChI=1S/C6H11ClF4OSi/c1-2-12-4(3-13-7)6(10,11)5(8)9/h4-5H,2-3,13H2,1H3. The normalized spacial score (nSPS) is 15.9. The second-order valence-electron chi connectivity index (χ2n) is 2.40. The molecule has 0 aromatic rings. The van der Waals surface area contributed by atoms with E-state index in [-0.39, 0.29) is 12.7 Å². The molecule has 0 rings (SSSR count). The minimum Gasteiger partial charge on any atom is -0.372 e. The Balaban J connectivity index is 4.31. The third-order valence-electron chi connectivity index (χ3n) is 1.46. The van der Waals surface area contributed by atoms with Crippen LogP contribution in [0.1, 0.15) is 6.92 Å². The van der Waals surface area contributed by atoms with E-state index in [0.29, 0.717) is 0 Å². The summed E-state index contributed by atoms with van der Waals surface area (Å²) in [5, 5.41) is 0. The first-order chi connectivity index (χ1) is 5.96. The minimum atomic E-state index is -4.09. The fraction of sp³-hybridized carbons (Fsp3) is 1.00. The summed E-state index contributed by atoms with van der Waals surface area (Å²) in [6.45, 7) is 1.46. The molecule has 0 aromatic heterocycles. The molecule has 0 saturated heterocycles. The Morgan fingerprint density at radius 1 is 1.46 bits per heavy atom. The first-order valence-electron chi connectivity index (χ1n) is 3.80. The molecular weight excluding hydrogens is 228 g/mol. The Morgan fingerprint density at radius 3 is 2.31 bits per heavy atom. The summed E-state index contributed by atoms with van der Waals surface area (Å²) < 4.78 is 53.6. The summed E-state index contributed by atoms with van der Waals surface area (Å²) in [4.78, 5) is 0. The molecule has 13 heavy (non-hydrogen) atoms. The molecule has 0 bridgehead atoms. The first kappa shape index (κ1) is 13.2. The summed E-state index contributed by atoms with van der Waals surface area (Å²) in [6, 6.07) is -0.146. The molecule has 0 saturated carbocycles. The molecule has 0 aliphatic rings. The molecule has 1 atom stereocenters. The van der Waals surface area contributed by atoms with Gasteiger partial charge < -0.3 is 4.74 Å². The Hall–Kier alpha value is 0.187. The highest BCUT2D eigenvalue weighted by atomic mass is 35.6. The lowest BCUT2D eigenvalue weighted by Gasteiger charge is -2.25. The van der Waals surface area contributed by atoms with E-state index < -0.39 is 27.3 Å². The third kappa shape index (κ3) is 3.82. The topological polar surface area (TPSA) is 9.23 Å². The Kier molecular flexibility index (Phi) is 5.90. The fourth-order valence-electron chi connectivity index (χ4n) is 0.828. The maximum Gasteiger partial charge on any atom is 0.332 e. The zero-order valence-corrected chi connectivity index (χ0v) is 9.24. The molecule has 0 aliphatic heterocycles. The molecule has 7 heteroatoms. The molecule has 0 heterocycles. The molecule has 1 nitrogen and oxygen atoms in total. The van der Waals surface area contributed by atoms with E-state index in [1.165, 1.54) is 6.92 Å². The lowest BCUT2D eigenvalue weighted by Crippen LogP contribution is -2.42. The zero-order valence-electron chi connectivity index (χ0n) is 7.07. The molecule has 0 aliphatic carbocycles. The molecule has 0 spiro atoms. The Bertz CT molecular complexity index is 141. The Labute approximate surface area is 80.9 Å². The van der Waals surface area contributed by atoms with Crippen molar-refractivity contribution < 1.29 is 22.3 Å². The van der Waals surface area contributed by atoms with Crippen LogP contribution < -0.4 is 0 Å². The number of halogens is 5. The average Bonchev–Trinajstić information content (AvgIpc) is 2.03. The highest BCUT2D eigenvalue weighted by molar-refractivity contribution is 6.93. The predicted molar refractivity (Wildman–Crippen MR) is 45.6 cm³/mol. The van der Waals surface area contributed by atoms with Crippen molar-refractivity contribution in [3.8, 4) is 0 Å². The SMILES string of the molecule is CCOC(C[SiH2]Cl)C(F)(F)C(F)F. The first-order valence-corrected chi connectivity index (χ1v) is 6.94. The van der Waals surface area contributed by atoms with Crippen LogP contribution in [0.15, 0.2) is 0 Å². The fourth-order valence-corrected chi connectivity index (χ4v) is 2.17. The number of hydrogen-bond acceptors (Lipinski definition) is 1. The molecule has 0 fully saturated rings. The van der Waals surface area contributed by atoms with Gasteiger partial charge in [0, 0.05) is 6.61 Å². The molecule has 0 aromatic carbocycles. The van der Waals surface area contributed by atoms with E-state index in [4.69, 9.17) is 11.1 Å².